The summed E-state index contributed by atoms with van der Waals surface area (Å²) in [4.78, 5) is 36.5. The number of thiocarbonyl (C=S) groups is 1. The van der Waals surface area contributed by atoms with Crippen LogP contribution in [0.25, 0.3) is 0 Å². The maximum Gasteiger partial charge on any atom is 0.248 e. The number of hydrogen-bond acceptors (Lipinski definition) is 4. The molecule has 0 radical (unpaired) electrons. The van der Waals surface area contributed by atoms with Gasteiger partial charge in [-0.15, -0.1) is 0 Å². The molecule has 1 saturated heterocycles. The zero-order chi connectivity index (χ0) is 11.6. The molecule has 0 saturated carbocycles. The van der Waals surface area contributed by atoms with Crippen LogP contribution in [0.2, 0.25) is 0 Å². The molecule has 82 valence electrons. The van der Waals surface area contributed by atoms with Crippen LogP contribution >= 0.6 is 12.2 Å². The molecule has 0 aromatic heterocycles. The summed E-state index contributed by atoms with van der Waals surface area (Å²) in [6.45, 7) is 4.23. The van der Waals surface area contributed by atoms with Gasteiger partial charge in [0.25, 0.3) is 0 Å². The van der Waals surface area contributed by atoms with Crippen LogP contribution in [-0.4, -0.2) is 46.1 Å². The number of rotatable bonds is 3. The summed E-state index contributed by atoms with van der Waals surface area (Å²) in [5.41, 5.74) is 0. The molecule has 0 spiro atoms. The van der Waals surface area contributed by atoms with Gasteiger partial charge in [0.1, 0.15) is 6.29 Å². The summed E-state index contributed by atoms with van der Waals surface area (Å²) in [6.07, 6.45) is 0.373. The van der Waals surface area contributed by atoms with E-state index in [2.05, 4.69) is 0 Å². The van der Waals surface area contributed by atoms with E-state index in [9.17, 15) is 14.4 Å². The van der Waals surface area contributed by atoms with Crippen molar-refractivity contribution in [2.75, 3.05) is 13.1 Å². The van der Waals surface area contributed by atoms with E-state index in [1.54, 1.807) is 13.8 Å². The lowest BCUT2D eigenvalue weighted by Crippen LogP contribution is -2.59. The third-order valence-electron chi connectivity index (χ3n) is 2.29. The van der Waals surface area contributed by atoms with E-state index in [0.717, 1.165) is 0 Å². The Hall–Kier alpha value is -1.30. The summed E-state index contributed by atoms with van der Waals surface area (Å²) in [7, 11) is 0. The van der Waals surface area contributed by atoms with Crippen molar-refractivity contribution in [2.45, 2.75) is 13.8 Å². The molecule has 0 aliphatic carbocycles. The average molecular weight is 228 g/mol. The Morgan fingerprint density at radius 2 is 1.60 bits per heavy atom. The Balaban J connectivity index is 3.08. The Bertz CT molecular complexity index is 303. The quantitative estimate of drug-likeness (QED) is 0.381. The molecule has 2 amide bonds. The van der Waals surface area contributed by atoms with Gasteiger partial charge in [0.2, 0.25) is 11.8 Å². The lowest BCUT2D eigenvalue weighted by atomic mass is 10.1. The van der Waals surface area contributed by atoms with Crippen LogP contribution in [0.5, 0.6) is 0 Å². The Morgan fingerprint density at radius 1 is 1.20 bits per heavy atom. The van der Waals surface area contributed by atoms with Crippen molar-refractivity contribution < 1.29 is 14.4 Å². The number of nitrogens with zero attached hydrogens (tertiary/aromatic N) is 2. The second kappa shape index (κ2) is 4.48. The van der Waals surface area contributed by atoms with Crippen molar-refractivity contribution in [3.8, 4) is 0 Å². The summed E-state index contributed by atoms with van der Waals surface area (Å²) < 4.78 is 0. The molecule has 6 heteroatoms. The molecule has 0 unspecified atom stereocenters. The molecule has 5 nitrogen and oxygen atoms in total. The van der Waals surface area contributed by atoms with Crippen molar-refractivity contribution in [3.05, 3.63) is 0 Å². The van der Waals surface area contributed by atoms with E-state index in [1.807, 2.05) is 0 Å². The van der Waals surface area contributed by atoms with Crippen LogP contribution in [0.1, 0.15) is 13.8 Å². The van der Waals surface area contributed by atoms with Crippen molar-refractivity contribution >= 4 is 35.4 Å². The maximum atomic E-state index is 11.6. The first-order chi connectivity index (χ1) is 7.08. The molecule has 1 rings (SSSR count). The van der Waals surface area contributed by atoms with E-state index in [-0.39, 0.29) is 5.11 Å². The lowest BCUT2D eigenvalue weighted by molar-refractivity contribution is -0.148. The Labute approximate surface area is 93.0 Å². The van der Waals surface area contributed by atoms with Crippen molar-refractivity contribution in [1.29, 1.82) is 0 Å². The predicted octanol–water partition coefficient (Wildman–Crippen LogP) is -0.203. The minimum Gasteiger partial charge on any atom is -0.302 e. The van der Waals surface area contributed by atoms with Crippen molar-refractivity contribution in [1.82, 2.24) is 9.80 Å². The van der Waals surface area contributed by atoms with Gasteiger partial charge < -0.3 is 4.79 Å². The van der Waals surface area contributed by atoms with Crippen LogP contribution in [0, 0.1) is 5.92 Å². The monoisotopic (exact) mass is 228 g/mol. The Kier molecular flexibility index (Phi) is 3.52. The van der Waals surface area contributed by atoms with Gasteiger partial charge in [0.05, 0.1) is 0 Å². The lowest BCUT2D eigenvalue weighted by Gasteiger charge is -2.36. The fraction of sp³-hybridized carbons (Fsp3) is 0.556. The first-order valence-electron chi connectivity index (χ1n) is 4.70. The predicted molar refractivity (Wildman–Crippen MR) is 56.9 cm³/mol. The van der Waals surface area contributed by atoms with E-state index >= 15 is 0 Å². The number of hydrogen-bond donors (Lipinski definition) is 0. The Morgan fingerprint density at radius 3 is 1.87 bits per heavy atom. The van der Waals surface area contributed by atoms with Gasteiger partial charge in [-0.25, -0.2) is 0 Å². The zero-order valence-electron chi connectivity index (χ0n) is 8.60. The van der Waals surface area contributed by atoms with Crippen LogP contribution in [0.3, 0.4) is 0 Å². The van der Waals surface area contributed by atoms with Gasteiger partial charge in [-0.1, -0.05) is 0 Å². The van der Waals surface area contributed by atoms with Crippen LogP contribution in [0.15, 0.2) is 0 Å². The van der Waals surface area contributed by atoms with Gasteiger partial charge in [-0.2, -0.15) is 0 Å². The summed E-state index contributed by atoms with van der Waals surface area (Å²) in [6, 6.07) is 0. The molecule has 0 bridgehead atoms. The summed E-state index contributed by atoms with van der Waals surface area (Å²) >= 11 is 5.00. The standard InChI is InChI=1S/C9H12N2O3S/c1-3-10-7(13)6(5-12)8(14)11(4-2)9(10)15/h5-6H,3-4H2,1-2H3. The average Bonchev–Trinajstić information content (AvgIpc) is 2.19. The van der Waals surface area contributed by atoms with Crippen LogP contribution < -0.4 is 0 Å². The summed E-state index contributed by atoms with van der Waals surface area (Å²) in [5, 5.41) is 0.188. The smallest absolute Gasteiger partial charge is 0.248 e. The highest BCUT2D eigenvalue weighted by Gasteiger charge is 2.42. The number of carbonyl (C=O) groups excluding carboxylic acids is 3. The molecule has 0 atom stereocenters. The maximum absolute atomic E-state index is 11.6. The first-order valence-corrected chi connectivity index (χ1v) is 5.11. The highest BCUT2D eigenvalue weighted by atomic mass is 32.1. The zero-order valence-corrected chi connectivity index (χ0v) is 9.41. The number of carbonyl (C=O) groups is 3. The fourth-order valence-electron chi connectivity index (χ4n) is 1.47. The number of amides is 2. The van der Waals surface area contributed by atoms with Gasteiger partial charge in [-0.3, -0.25) is 19.4 Å². The van der Waals surface area contributed by atoms with Gasteiger partial charge in [-0.05, 0) is 26.1 Å². The molecule has 15 heavy (non-hydrogen) atoms. The SMILES string of the molecule is CCN1C(=O)C(C=O)C(=O)N(CC)C1=S. The van der Waals surface area contributed by atoms with E-state index < -0.39 is 17.7 Å². The van der Waals surface area contributed by atoms with Crippen LogP contribution in [0.4, 0.5) is 0 Å². The second-order valence-corrected chi connectivity index (χ2v) is 3.43. The van der Waals surface area contributed by atoms with Gasteiger partial charge in [0.15, 0.2) is 11.0 Å². The molecule has 0 N–H and O–H groups in total. The van der Waals surface area contributed by atoms with E-state index in [0.29, 0.717) is 19.4 Å². The highest BCUT2D eigenvalue weighted by molar-refractivity contribution is 7.80. The third kappa shape index (κ3) is 1.77. The molecule has 1 heterocycles. The second-order valence-electron chi connectivity index (χ2n) is 3.06. The molecule has 0 aromatic rings. The van der Waals surface area contributed by atoms with E-state index in [1.165, 1.54) is 9.80 Å². The molecule has 1 aliphatic rings. The number of aldehydes is 1. The van der Waals surface area contributed by atoms with Gasteiger partial charge >= 0.3 is 0 Å². The molecule has 0 aromatic carbocycles. The normalized spacial score (nSPS) is 18.7. The topological polar surface area (TPSA) is 57.7 Å². The first kappa shape index (κ1) is 11.8. The van der Waals surface area contributed by atoms with Crippen molar-refractivity contribution in [3.63, 3.8) is 0 Å². The largest absolute Gasteiger partial charge is 0.302 e. The van der Waals surface area contributed by atoms with Crippen LogP contribution in [-0.2, 0) is 14.4 Å². The minimum absolute atomic E-state index is 0.188. The molecule has 1 fully saturated rings. The van der Waals surface area contributed by atoms with E-state index in [4.69, 9.17) is 12.2 Å². The molecular formula is C9H12N2O3S. The highest BCUT2D eigenvalue weighted by Crippen LogP contribution is 2.16. The molecular weight excluding hydrogens is 216 g/mol. The van der Waals surface area contributed by atoms with Crippen molar-refractivity contribution in [2.24, 2.45) is 5.92 Å². The third-order valence-corrected chi connectivity index (χ3v) is 2.74. The van der Waals surface area contributed by atoms with Gasteiger partial charge in [0, 0.05) is 13.1 Å². The fourth-order valence-corrected chi connectivity index (χ4v) is 1.91. The molecule has 1 aliphatic heterocycles. The minimum atomic E-state index is -1.23. The summed E-state index contributed by atoms with van der Waals surface area (Å²) in [5.74, 6) is -2.27.